The van der Waals surface area contributed by atoms with Gasteiger partial charge in [0.2, 0.25) is 0 Å². The molecule has 3 heteroatoms. The predicted octanol–water partition coefficient (Wildman–Crippen LogP) is 2.33. The fourth-order valence-electron chi connectivity index (χ4n) is 2.09. The third-order valence-corrected chi connectivity index (χ3v) is 3.01. The van der Waals surface area contributed by atoms with E-state index >= 15 is 0 Å². The zero-order valence-corrected chi connectivity index (χ0v) is 10.6. The molecule has 0 spiro atoms. The number of rotatable bonds is 3. The second kappa shape index (κ2) is 4.52. The summed E-state index contributed by atoms with van der Waals surface area (Å²) in [6, 6.07) is 0. The molecule has 1 aliphatic rings. The molecule has 0 heterocycles. The number of hydrogen-bond donors (Lipinski definition) is 0. The van der Waals surface area contributed by atoms with Crippen molar-refractivity contribution < 1.29 is 14.3 Å². The minimum absolute atomic E-state index is 0.000185. The van der Waals surface area contributed by atoms with Crippen molar-refractivity contribution >= 4 is 6.29 Å². The van der Waals surface area contributed by atoms with E-state index in [4.69, 9.17) is 9.47 Å². The van der Waals surface area contributed by atoms with E-state index in [1.165, 1.54) is 0 Å². The first-order valence-corrected chi connectivity index (χ1v) is 5.36. The van der Waals surface area contributed by atoms with E-state index in [9.17, 15) is 4.79 Å². The molecule has 0 saturated heterocycles. The molecule has 0 aliphatic heterocycles. The molecule has 0 aromatic heterocycles. The summed E-state index contributed by atoms with van der Waals surface area (Å²) in [7, 11) is 3.23. The van der Waals surface area contributed by atoms with Gasteiger partial charge in [0.25, 0.3) is 0 Å². The molecular formula is C13H20O3. The monoisotopic (exact) mass is 224 g/mol. The molecular weight excluding hydrogens is 204 g/mol. The SMILES string of the molecule is COC1(OC)C=CC(C=O)=CC1C(C)(C)C. The number of methoxy groups -OCH3 is 2. The molecule has 1 rings (SSSR count). The lowest BCUT2D eigenvalue weighted by molar-refractivity contribution is -0.212. The van der Waals surface area contributed by atoms with E-state index in [-0.39, 0.29) is 11.3 Å². The lowest BCUT2D eigenvalue weighted by atomic mass is 9.72. The second-order valence-electron chi connectivity index (χ2n) is 5.09. The molecule has 1 unspecified atom stereocenters. The summed E-state index contributed by atoms with van der Waals surface area (Å²) in [4.78, 5) is 10.8. The Morgan fingerprint density at radius 2 is 1.88 bits per heavy atom. The second-order valence-corrected chi connectivity index (χ2v) is 5.09. The smallest absolute Gasteiger partial charge is 0.194 e. The van der Waals surface area contributed by atoms with E-state index in [0.717, 1.165) is 6.29 Å². The average molecular weight is 224 g/mol. The Balaban J connectivity index is 3.18. The summed E-state index contributed by atoms with van der Waals surface area (Å²) in [5.74, 6) is -0.773. The predicted molar refractivity (Wildman–Crippen MR) is 63.0 cm³/mol. The van der Waals surface area contributed by atoms with Gasteiger partial charge in [-0.1, -0.05) is 32.9 Å². The van der Waals surface area contributed by atoms with Crippen molar-refractivity contribution in [2.45, 2.75) is 26.6 Å². The Kier molecular flexibility index (Phi) is 3.71. The fraction of sp³-hybridized carbons (Fsp3) is 0.615. The van der Waals surface area contributed by atoms with Crippen LogP contribution in [0.15, 0.2) is 23.8 Å². The minimum Gasteiger partial charge on any atom is -0.349 e. The number of allylic oxidation sites excluding steroid dienone is 2. The van der Waals surface area contributed by atoms with E-state index in [0.29, 0.717) is 5.57 Å². The third-order valence-electron chi connectivity index (χ3n) is 3.01. The molecule has 90 valence electrons. The van der Waals surface area contributed by atoms with Crippen LogP contribution in [0.25, 0.3) is 0 Å². The quantitative estimate of drug-likeness (QED) is 0.545. The number of carbonyl (C=O) groups excluding carboxylic acids is 1. The Bertz CT molecular complexity index is 317. The fourth-order valence-corrected chi connectivity index (χ4v) is 2.09. The highest BCUT2D eigenvalue weighted by molar-refractivity contribution is 5.78. The highest BCUT2D eigenvalue weighted by Gasteiger charge is 2.44. The van der Waals surface area contributed by atoms with E-state index in [1.54, 1.807) is 20.3 Å². The van der Waals surface area contributed by atoms with Crippen molar-refractivity contribution in [2.75, 3.05) is 14.2 Å². The maximum atomic E-state index is 10.8. The standard InChI is InChI=1S/C13H20O3/c1-12(2,3)11-8-10(9-14)6-7-13(11,15-4)16-5/h6-9,11H,1-5H3. The topological polar surface area (TPSA) is 35.5 Å². The number of ether oxygens (including phenoxy) is 2. The van der Waals surface area contributed by atoms with Gasteiger partial charge in [-0.05, 0) is 11.5 Å². The van der Waals surface area contributed by atoms with E-state index < -0.39 is 5.79 Å². The summed E-state index contributed by atoms with van der Waals surface area (Å²) in [6.45, 7) is 6.30. The van der Waals surface area contributed by atoms with Crippen LogP contribution in [0.4, 0.5) is 0 Å². The third kappa shape index (κ3) is 2.25. The van der Waals surface area contributed by atoms with Gasteiger partial charge in [-0.3, -0.25) is 4.79 Å². The van der Waals surface area contributed by atoms with Gasteiger partial charge in [0.05, 0.1) is 0 Å². The molecule has 3 nitrogen and oxygen atoms in total. The molecule has 0 N–H and O–H groups in total. The van der Waals surface area contributed by atoms with Gasteiger partial charge in [-0.15, -0.1) is 0 Å². The largest absolute Gasteiger partial charge is 0.349 e. The maximum absolute atomic E-state index is 10.8. The van der Waals surface area contributed by atoms with Crippen molar-refractivity contribution in [2.24, 2.45) is 11.3 Å². The summed E-state index contributed by atoms with van der Waals surface area (Å²) in [6.07, 6.45) is 6.32. The van der Waals surface area contributed by atoms with Crippen molar-refractivity contribution in [3.05, 3.63) is 23.8 Å². The van der Waals surface area contributed by atoms with Gasteiger partial charge < -0.3 is 9.47 Å². The van der Waals surface area contributed by atoms with Crippen LogP contribution in [0.3, 0.4) is 0 Å². The summed E-state index contributed by atoms with van der Waals surface area (Å²) < 4.78 is 11.0. The Morgan fingerprint density at radius 1 is 1.31 bits per heavy atom. The average Bonchev–Trinajstić information content (AvgIpc) is 2.27. The van der Waals surface area contributed by atoms with Crippen LogP contribution in [-0.2, 0) is 14.3 Å². The first-order valence-electron chi connectivity index (χ1n) is 5.36. The number of carbonyl (C=O) groups is 1. The maximum Gasteiger partial charge on any atom is 0.194 e. The zero-order valence-electron chi connectivity index (χ0n) is 10.6. The number of aldehydes is 1. The lowest BCUT2D eigenvalue weighted by Gasteiger charge is -2.43. The van der Waals surface area contributed by atoms with Crippen molar-refractivity contribution in [1.29, 1.82) is 0 Å². The van der Waals surface area contributed by atoms with Gasteiger partial charge >= 0.3 is 0 Å². The Labute approximate surface area is 97.1 Å². The highest BCUT2D eigenvalue weighted by atomic mass is 16.7. The van der Waals surface area contributed by atoms with Gasteiger partial charge in [0, 0.05) is 25.7 Å². The lowest BCUT2D eigenvalue weighted by Crippen LogP contribution is -2.46. The van der Waals surface area contributed by atoms with Crippen molar-refractivity contribution in [3.8, 4) is 0 Å². The summed E-state index contributed by atoms with van der Waals surface area (Å²) >= 11 is 0. The van der Waals surface area contributed by atoms with Crippen molar-refractivity contribution in [1.82, 2.24) is 0 Å². The molecule has 1 atom stereocenters. The van der Waals surface area contributed by atoms with Crippen LogP contribution in [-0.4, -0.2) is 26.3 Å². The molecule has 0 fully saturated rings. The van der Waals surface area contributed by atoms with Crippen LogP contribution < -0.4 is 0 Å². The minimum atomic E-state index is -0.773. The molecule has 0 aromatic carbocycles. The normalized spacial score (nSPS) is 24.1. The van der Waals surface area contributed by atoms with E-state index in [1.807, 2.05) is 12.2 Å². The van der Waals surface area contributed by atoms with Crippen LogP contribution >= 0.6 is 0 Å². The van der Waals surface area contributed by atoms with Gasteiger partial charge in [-0.2, -0.15) is 0 Å². The molecule has 0 bridgehead atoms. The van der Waals surface area contributed by atoms with Crippen molar-refractivity contribution in [3.63, 3.8) is 0 Å². The zero-order chi connectivity index (χ0) is 12.4. The van der Waals surface area contributed by atoms with Crippen LogP contribution in [0.5, 0.6) is 0 Å². The molecule has 16 heavy (non-hydrogen) atoms. The first-order chi connectivity index (χ1) is 7.39. The van der Waals surface area contributed by atoms with Gasteiger partial charge in [-0.25, -0.2) is 0 Å². The first kappa shape index (κ1) is 13.1. The van der Waals surface area contributed by atoms with Crippen LogP contribution in [0.1, 0.15) is 20.8 Å². The molecule has 0 amide bonds. The Hall–Kier alpha value is -0.930. The summed E-state index contributed by atoms with van der Waals surface area (Å²) in [5, 5.41) is 0. The van der Waals surface area contributed by atoms with Gasteiger partial charge in [0.15, 0.2) is 5.79 Å². The highest BCUT2D eigenvalue weighted by Crippen LogP contribution is 2.42. The van der Waals surface area contributed by atoms with Crippen LogP contribution in [0.2, 0.25) is 0 Å². The molecule has 0 aromatic rings. The van der Waals surface area contributed by atoms with Crippen LogP contribution in [0, 0.1) is 11.3 Å². The van der Waals surface area contributed by atoms with Gasteiger partial charge in [0.1, 0.15) is 6.29 Å². The molecule has 1 aliphatic carbocycles. The van der Waals surface area contributed by atoms with E-state index in [2.05, 4.69) is 20.8 Å². The number of hydrogen-bond acceptors (Lipinski definition) is 3. The molecule has 0 saturated carbocycles. The summed E-state index contributed by atoms with van der Waals surface area (Å²) in [5.41, 5.74) is 0.620. The molecule has 0 radical (unpaired) electrons. The Morgan fingerprint density at radius 3 is 2.25 bits per heavy atom.